The van der Waals surface area contributed by atoms with Crippen molar-refractivity contribution in [2.75, 3.05) is 5.88 Å². The van der Waals surface area contributed by atoms with Gasteiger partial charge in [-0.15, -0.1) is 11.6 Å². The van der Waals surface area contributed by atoms with Crippen LogP contribution in [0.5, 0.6) is 0 Å². The van der Waals surface area contributed by atoms with Gasteiger partial charge in [0, 0.05) is 10.9 Å². The number of hydrogen-bond donors (Lipinski definition) is 0. The molecule has 0 bridgehead atoms. The van der Waals surface area contributed by atoms with Crippen molar-refractivity contribution in [1.82, 2.24) is 0 Å². The third kappa shape index (κ3) is 3.15. The highest BCUT2D eigenvalue weighted by Gasteiger charge is 2.20. The molecule has 88 valence electrons. The van der Waals surface area contributed by atoms with Gasteiger partial charge in [0.15, 0.2) is 0 Å². The average Bonchev–Trinajstić information content (AvgIpc) is 2.78. The van der Waals surface area contributed by atoms with Crippen LogP contribution in [0.4, 0.5) is 0 Å². The fourth-order valence-electron chi connectivity index (χ4n) is 2.70. The lowest BCUT2D eigenvalue weighted by Gasteiger charge is -2.18. The molecule has 0 aromatic heterocycles. The van der Waals surface area contributed by atoms with E-state index >= 15 is 0 Å². The maximum Gasteiger partial charge on any atom is 0.0408 e. The summed E-state index contributed by atoms with van der Waals surface area (Å²) in [4.78, 5) is 0. The SMILES string of the molecule is ClCC(CC1CCCC1)c1cccc(Cl)c1. The van der Waals surface area contributed by atoms with E-state index in [0.29, 0.717) is 11.8 Å². The Morgan fingerprint density at radius 2 is 2.00 bits per heavy atom. The number of alkyl halides is 1. The van der Waals surface area contributed by atoms with Crippen molar-refractivity contribution in [3.63, 3.8) is 0 Å². The molecule has 0 radical (unpaired) electrons. The lowest BCUT2D eigenvalue weighted by Crippen LogP contribution is -2.06. The fraction of sp³-hybridized carbons (Fsp3) is 0.571. The van der Waals surface area contributed by atoms with Gasteiger partial charge in [0.05, 0.1) is 0 Å². The van der Waals surface area contributed by atoms with E-state index in [1.807, 2.05) is 12.1 Å². The summed E-state index contributed by atoms with van der Waals surface area (Å²) in [6.45, 7) is 0. The normalized spacial score (nSPS) is 18.9. The van der Waals surface area contributed by atoms with Gasteiger partial charge in [-0.25, -0.2) is 0 Å². The van der Waals surface area contributed by atoms with Crippen LogP contribution < -0.4 is 0 Å². The predicted molar refractivity (Wildman–Crippen MR) is 71.5 cm³/mol. The Kier molecular flexibility index (Phi) is 4.55. The Morgan fingerprint density at radius 3 is 2.62 bits per heavy atom. The van der Waals surface area contributed by atoms with Crippen molar-refractivity contribution < 1.29 is 0 Å². The summed E-state index contributed by atoms with van der Waals surface area (Å²) in [5.74, 6) is 2.06. The van der Waals surface area contributed by atoms with Crippen molar-refractivity contribution in [3.8, 4) is 0 Å². The van der Waals surface area contributed by atoms with E-state index in [9.17, 15) is 0 Å². The smallest absolute Gasteiger partial charge is 0.0408 e. The molecular weight excluding hydrogens is 239 g/mol. The molecule has 1 unspecified atom stereocenters. The topological polar surface area (TPSA) is 0 Å². The van der Waals surface area contributed by atoms with Gasteiger partial charge in [-0.3, -0.25) is 0 Å². The van der Waals surface area contributed by atoms with Crippen molar-refractivity contribution >= 4 is 23.2 Å². The Labute approximate surface area is 108 Å². The van der Waals surface area contributed by atoms with Crippen LogP contribution in [0.2, 0.25) is 5.02 Å². The van der Waals surface area contributed by atoms with Gasteiger partial charge in [-0.05, 0) is 36.0 Å². The van der Waals surface area contributed by atoms with Crippen LogP contribution in [0.1, 0.15) is 43.6 Å². The standard InChI is InChI=1S/C14H18Cl2/c15-10-13(8-11-4-1-2-5-11)12-6-3-7-14(16)9-12/h3,6-7,9,11,13H,1-2,4-5,8,10H2. The van der Waals surface area contributed by atoms with E-state index in [2.05, 4.69) is 12.1 Å². The first-order chi connectivity index (χ1) is 7.79. The molecule has 2 heteroatoms. The van der Waals surface area contributed by atoms with Crippen LogP contribution >= 0.6 is 23.2 Å². The number of benzene rings is 1. The maximum atomic E-state index is 6.09. The highest BCUT2D eigenvalue weighted by molar-refractivity contribution is 6.30. The average molecular weight is 257 g/mol. The minimum absolute atomic E-state index is 0.475. The molecule has 1 aromatic carbocycles. The number of rotatable bonds is 4. The second-order valence-electron chi connectivity index (χ2n) is 4.79. The third-order valence-electron chi connectivity index (χ3n) is 3.60. The maximum absolute atomic E-state index is 6.09. The molecule has 1 aliphatic rings. The summed E-state index contributed by atoms with van der Waals surface area (Å²) < 4.78 is 0. The summed E-state index contributed by atoms with van der Waals surface area (Å²) in [6.07, 6.45) is 6.79. The van der Waals surface area contributed by atoms with E-state index in [4.69, 9.17) is 23.2 Å². The zero-order chi connectivity index (χ0) is 11.4. The first kappa shape index (κ1) is 12.3. The van der Waals surface area contributed by atoms with Gasteiger partial charge in [0.2, 0.25) is 0 Å². The first-order valence-electron chi connectivity index (χ1n) is 6.11. The van der Waals surface area contributed by atoms with Crippen LogP contribution in [0.25, 0.3) is 0 Å². The van der Waals surface area contributed by atoms with Gasteiger partial charge in [0.25, 0.3) is 0 Å². The summed E-state index contributed by atoms with van der Waals surface area (Å²) in [5.41, 5.74) is 1.30. The quantitative estimate of drug-likeness (QED) is 0.647. The molecule has 0 saturated heterocycles. The van der Waals surface area contributed by atoms with Gasteiger partial charge in [-0.1, -0.05) is 49.4 Å². The number of hydrogen-bond acceptors (Lipinski definition) is 0. The molecule has 16 heavy (non-hydrogen) atoms. The van der Waals surface area contributed by atoms with Crippen molar-refractivity contribution in [2.24, 2.45) is 5.92 Å². The molecule has 0 N–H and O–H groups in total. The van der Waals surface area contributed by atoms with E-state index in [-0.39, 0.29) is 0 Å². The molecule has 1 aliphatic carbocycles. The fourth-order valence-corrected chi connectivity index (χ4v) is 3.20. The summed E-state index contributed by atoms with van der Waals surface area (Å²) >= 11 is 12.1. The van der Waals surface area contributed by atoms with E-state index in [1.165, 1.54) is 37.7 Å². The second-order valence-corrected chi connectivity index (χ2v) is 5.54. The lowest BCUT2D eigenvalue weighted by molar-refractivity contribution is 0.462. The van der Waals surface area contributed by atoms with Gasteiger partial charge in [0.1, 0.15) is 0 Å². The molecule has 1 aromatic rings. The van der Waals surface area contributed by atoms with Crippen LogP contribution in [-0.2, 0) is 0 Å². The molecule has 0 heterocycles. The van der Waals surface area contributed by atoms with Gasteiger partial charge < -0.3 is 0 Å². The zero-order valence-electron chi connectivity index (χ0n) is 9.46. The Hall–Kier alpha value is -0.200. The molecule has 1 fully saturated rings. The van der Waals surface area contributed by atoms with Crippen LogP contribution in [0.3, 0.4) is 0 Å². The second kappa shape index (κ2) is 5.93. The van der Waals surface area contributed by atoms with Crippen molar-refractivity contribution in [1.29, 1.82) is 0 Å². The Morgan fingerprint density at radius 1 is 1.25 bits per heavy atom. The first-order valence-corrected chi connectivity index (χ1v) is 7.02. The van der Waals surface area contributed by atoms with Gasteiger partial charge in [-0.2, -0.15) is 0 Å². The van der Waals surface area contributed by atoms with Crippen LogP contribution in [0.15, 0.2) is 24.3 Å². The van der Waals surface area contributed by atoms with Gasteiger partial charge >= 0.3 is 0 Å². The third-order valence-corrected chi connectivity index (χ3v) is 4.21. The molecular formula is C14H18Cl2. The molecule has 0 nitrogen and oxygen atoms in total. The molecule has 1 atom stereocenters. The molecule has 0 spiro atoms. The van der Waals surface area contributed by atoms with Crippen molar-refractivity contribution in [3.05, 3.63) is 34.9 Å². The van der Waals surface area contributed by atoms with E-state index < -0.39 is 0 Å². The Balaban J connectivity index is 2.03. The minimum Gasteiger partial charge on any atom is -0.126 e. The number of halogens is 2. The molecule has 2 rings (SSSR count). The van der Waals surface area contributed by atoms with Crippen LogP contribution in [0, 0.1) is 5.92 Å². The monoisotopic (exact) mass is 256 g/mol. The minimum atomic E-state index is 0.475. The van der Waals surface area contributed by atoms with E-state index in [1.54, 1.807) is 0 Å². The highest BCUT2D eigenvalue weighted by atomic mass is 35.5. The molecule has 1 saturated carbocycles. The summed E-state index contributed by atoms with van der Waals surface area (Å²) in [5, 5.41) is 0.819. The predicted octanol–water partition coefficient (Wildman–Crippen LogP) is 5.24. The lowest BCUT2D eigenvalue weighted by atomic mass is 9.89. The molecule has 0 amide bonds. The summed E-state index contributed by atoms with van der Waals surface area (Å²) in [6, 6.07) is 8.15. The Bertz CT molecular complexity index is 329. The molecule has 0 aliphatic heterocycles. The van der Waals surface area contributed by atoms with E-state index in [0.717, 1.165) is 10.9 Å². The largest absolute Gasteiger partial charge is 0.126 e. The zero-order valence-corrected chi connectivity index (χ0v) is 11.0. The van der Waals surface area contributed by atoms with Crippen molar-refractivity contribution in [2.45, 2.75) is 38.0 Å². The highest BCUT2D eigenvalue weighted by Crippen LogP contribution is 2.35. The summed E-state index contributed by atoms with van der Waals surface area (Å²) in [7, 11) is 0. The van der Waals surface area contributed by atoms with Crippen LogP contribution in [-0.4, -0.2) is 5.88 Å².